The number of rotatable bonds is 3. The van der Waals surface area contributed by atoms with Crippen LogP contribution in [-0.2, 0) is 0 Å². The Morgan fingerprint density at radius 3 is 2.47 bits per heavy atom. The van der Waals surface area contributed by atoms with Gasteiger partial charge in [-0.2, -0.15) is 0 Å². The summed E-state index contributed by atoms with van der Waals surface area (Å²) in [6.45, 7) is 0. The smallest absolute Gasteiger partial charge is 0.356 e. The lowest BCUT2D eigenvalue weighted by Gasteiger charge is -1.99. The zero-order valence-electron chi connectivity index (χ0n) is 8.37. The summed E-state index contributed by atoms with van der Waals surface area (Å²) in [5, 5.41) is 17.8. The van der Waals surface area contributed by atoms with Gasteiger partial charge in [0.15, 0.2) is 5.69 Å². The van der Waals surface area contributed by atoms with Crippen LogP contribution in [0, 0.1) is 0 Å². The number of aromatic nitrogens is 3. The van der Waals surface area contributed by atoms with E-state index in [1.54, 1.807) is 18.2 Å². The molecule has 2 rings (SSSR count). The molecule has 0 fully saturated rings. The summed E-state index contributed by atoms with van der Waals surface area (Å²) in [6, 6.07) is 6.45. The summed E-state index contributed by atoms with van der Waals surface area (Å²) in [4.78, 5) is 14.6. The van der Waals surface area contributed by atoms with E-state index < -0.39 is 5.97 Å². The minimum absolute atomic E-state index is 0.0848. The molecule has 2 aromatic rings. The fourth-order valence-electron chi connectivity index (χ4n) is 1.02. The summed E-state index contributed by atoms with van der Waals surface area (Å²) in [5.74, 6) is -1.10. The zero-order valence-corrected chi connectivity index (χ0v) is 9.94. The molecular formula is C10H6ClN3O2S. The summed E-state index contributed by atoms with van der Waals surface area (Å²) >= 11 is 6.99. The Morgan fingerprint density at radius 1 is 1.18 bits per heavy atom. The van der Waals surface area contributed by atoms with Gasteiger partial charge >= 0.3 is 5.97 Å². The highest BCUT2D eigenvalue weighted by Crippen LogP contribution is 2.24. The fourth-order valence-corrected chi connectivity index (χ4v) is 1.80. The third kappa shape index (κ3) is 3.15. The number of hydrogen-bond acceptors (Lipinski definition) is 5. The molecule has 0 aromatic carbocycles. The molecule has 0 aliphatic heterocycles. The average Bonchev–Trinajstić information content (AvgIpc) is 2.33. The molecule has 0 atom stereocenters. The quantitative estimate of drug-likeness (QED) is 0.920. The first-order valence-electron chi connectivity index (χ1n) is 4.51. The second-order valence-electron chi connectivity index (χ2n) is 2.98. The maximum atomic E-state index is 10.6. The minimum atomic E-state index is -1.10. The molecule has 0 aliphatic rings. The van der Waals surface area contributed by atoms with Gasteiger partial charge in [-0.25, -0.2) is 9.78 Å². The number of carbonyl (C=O) groups is 1. The van der Waals surface area contributed by atoms with E-state index in [1.165, 1.54) is 24.0 Å². The van der Waals surface area contributed by atoms with Crippen LogP contribution in [0.5, 0.6) is 0 Å². The van der Waals surface area contributed by atoms with E-state index in [-0.39, 0.29) is 5.69 Å². The maximum absolute atomic E-state index is 10.6. The molecule has 0 bridgehead atoms. The molecule has 0 spiro atoms. The lowest BCUT2D eigenvalue weighted by molar-refractivity contribution is 0.0689. The van der Waals surface area contributed by atoms with Gasteiger partial charge in [-0.05, 0) is 36.0 Å². The standard InChI is InChI=1S/C10H6ClN3O2S/c11-6-1-3-8(12-5-6)17-9-4-2-7(10(15)16)13-14-9/h1-5H,(H,15,16). The monoisotopic (exact) mass is 267 g/mol. The Kier molecular flexibility index (Phi) is 3.55. The molecule has 0 unspecified atom stereocenters. The molecular weight excluding hydrogens is 262 g/mol. The van der Waals surface area contributed by atoms with Crippen molar-refractivity contribution < 1.29 is 9.90 Å². The summed E-state index contributed by atoms with van der Waals surface area (Å²) in [5.41, 5.74) is -0.0848. The van der Waals surface area contributed by atoms with E-state index in [2.05, 4.69) is 15.2 Å². The molecule has 5 nitrogen and oxygen atoms in total. The van der Waals surface area contributed by atoms with Crippen LogP contribution in [0.15, 0.2) is 40.5 Å². The van der Waals surface area contributed by atoms with Crippen molar-refractivity contribution in [2.45, 2.75) is 10.1 Å². The second-order valence-corrected chi connectivity index (χ2v) is 4.46. The molecule has 7 heteroatoms. The van der Waals surface area contributed by atoms with Crippen LogP contribution in [0.25, 0.3) is 0 Å². The van der Waals surface area contributed by atoms with Gasteiger partial charge in [-0.3, -0.25) is 0 Å². The van der Waals surface area contributed by atoms with Gasteiger partial charge in [0.2, 0.25) is 0 Å². The molecule has 0 aliphatic carbocycles. The van der Waals surface area contributed by atoms with Gasteiger partial charge in [-0.15, -0.1) is 10.2 Å². The average molecular weight is 268 g/mol. The van der Waals surface area contributed by atoms with Gasteiger partial charge < -0.3 is 5.11 Å². The van der Waals surface area contributed by atoms with Gasteiger partial charge in [0.1, 0.15) is 10.1 Å². The normalized spacial score (nSPS) is 10.2. The largest absolute Gasteiger partial charge is 0.476 e. The van der Waals surface area contributed by atoms with Gasteiger partial charge in [0.05, 0.1) is 5.02 Å². The van der Waals surface area contributed by atoms with E-state index in [0.717, 1.165) is 0 Å². The molecule has 0 saturated carbocycles. The number of carboxylic acid groups (broad SMARTS) is 1. The molecule has 86 valence electrons. The molecule has 2 aromatic heterocycles. The third-order valence-electron chi connectivity index (χ3n) is 1.77. The molecule has 2 heterocycles. The van der Waals surface area contributed by atoms with Gasteiger partial charge in [-0.1, -0.05) is 11.6 Å². The lowest BCUT2D eigenvalue weighted by atomic mass is 10.4. The number of carboxylic acids is 1. The molecule has 0 radical (unpaired) electrons. The van der Waals surface area contributed by atoms with E-state index in [4.69, 9.17) is 16.7 Å². The molecule has 0 saturated heterocycles. The number of pyridine rings is 1. The Hall–Kier alpha value is -1.66. The van der Waals surface area contributed by atoms with Crippen molar-refractivity contribution >= 4 is 29.3 Å². The molecule has 0 amide bonds. The number of halogens is 1. The Labute approximate surface area is 106 Å². The predicted molar refractivity (Wildman–Crippen MR) is 62.4 cm³/mol. The highest BCUT2D eigenvalue weighted by Gasteiger charge is 2.06. The van der Waals surface area contributed by atoms with Crippen molar-refractivity contribution in [1.29, 1.82) is 0 Å². The van der Waals surface area contributed by atoms with Crippen molar-refractivity contribution in [2.24, 2.45) is 0 Å². The second kappa shape index (κ2) is 5.11. The van der Waals surface area contributed by atoms with Crippen molar-refractivity contribution in [2.75, 3.05) is 0 Å². The third-order valence-corrected chi connectivity index (χ3v) is 2.87. The molecule has 1 N–H and O–H groups in total. The highest BCUT2D eigenvalue weighted by molar-refractivity contribution is 7.99. The minimum Gasteiger partial charge on any atom is -0.476 e. The summed E-state index contributed by atoms with van der Waals surface area (Å²) in [6.07, 6.45) is 1.53. The first kappa shape index (κ1) is 11.8. The number of aromatic carboxylic acids is 1. The topological polar surface area (TPSA) is 76.0 Å². The predicted octanol–water partition coefficient (Wildman–Crippen LogP) is 2.37. The summed E-state index contributed by atoms with van der Waals surface area (Å²) in [7, 11) is 0. The number of hydrogen-bond donors (Lipinski definition) is 1. The van der Waals surface area contributed by atoms with Gasteiger partial charge in [0.25, 0.3) is 0 Å². The molecule has 17 heavy (non-hydrogen) atoms. The number of nitrogens with zero attached hydrogens (tertiary/aromatic N) is 3. The van der Waals surface area contributed by atoms with Crippen LogP contribution in [-0.4, -0.2) is 26.3 Å². The van der Waals surface area contributed by atoms with Crippen molar-refractivity contribution in [3.05, 3.63) is 41.2 Å². The Morgan fingerprint density at radius 2 is 1.94 bits per heavy atom. The van der Waals surface area contributed by atoms with Crippen LogP contribution < -0.4 is 0 Å². The first-order valence-corrected chi connectivity index (χ1v) is 5.71. The van der Waals surface area contributed by atoms with Crippen molar-refractivity contribution in [1.82, 2.24) is 15.2 Å². The van der Waals surface area contributed by atoms with E-state index in [9.17, 15) is 4.79 Å². The Balaban J connectivity index is 2.13. The van der Waals surface area contributed by atoms with E-state index in [0.29, 0.717) is 15.1 Å². The zero-order chi connectivity index (χ0) is 12.3. The van der Waals surface area contributed by atoms with Crippen molar-refractivity contribution in [3.63, 3.8) is 0 Å². The van der Waals surface area contributed by atoms with Crippen LogP contribution in [0.2, 0.25) is 5.02 Å². The summed E-state index contributed by atoms with van der Waals surface area (Å²) < 4.78 is 0. The first-order chi connectivity index (χ1) is 8.15. The van der Waals surface area contributed by atoms with Crippen LogP contribution >= 0.6 is 23.4 Å². The SMILES string of the molecule is O=C(O)c1ccc(Sc2ccc(Cl)cn2)nn1. The highest BCUT2D eigenvalue weighted by atomic mass is 35.5. The van der Waals surface area contributed by atoms with Gasteiger partial charge in [0, 0.05) is 6.20 Å². The fraction of sp³-hybridized carbons (Fsp3) is 0. The maximum Gasteiger partial charge on any atom is 0.356 e. The van der Waals surface area contributed by atoms with Crippen LogP contribution in [0.3, 0.4) is 0 Å². The van der Waals surface area contributed by atoms with E-state index >= 15 is 0 Å². The Bertz CT molecular complexity index is 530. The van der Waals surface area contributed by atoms with E-state index in [1.807, 2.05) is 0 Å². The van der Waals surface area contributed by atoms with Crippen LogP contribution in [0.4, 0.5) is 0 Å². The van der Waals surface area contributed by atoms with Crippen molar-refractivity contribution in [3.8, 4) is 0 Å². The lowest BCUT2D eigenvalue weighted by Crippen LogP contribution is -2.01. The van der Waals surface area contributed by atoms with Crippen LogP contribution in [0.1, 0.15) is 10.5 Å².